The van der Waals surface area contributed by atoms with Gasteiger partial charge in [-0.15, -0.1) is 0 Å². The summed E-state index contributed by atoms with van der Waals surface area (Å²) < 4.78 is 19.3. The van der Waals surface area contributed by atoms with Gasteiger partial charge < -0.3 is 9.42 Å². The molecule has 0 N–H and O–H groups in total. The Bertz CT molecular complexity index is 1300. The normalized spacial score (nSPS) is 13.0. The highest BCUT2D eigenvalue weighted by Gasteiger charge is 2.25. The molecular weight excluding hydrogens is 401 g/mol. The second-order valence-corrected chi connectivity index (χ2v) is 8.12. The van der Waals surface area contributed by atoms with E-state index in [1.165, 1.54) is 17.8 Å². The number of hydrogen-bond donors (Lipinski definition) is 0. The minimum absolute atomic E-state index is 0.0483. The van der Waals surface area contributed by atoms with Gasteiger partial charge in [0, 0.05) is 28.0 Å². The van der Waals surface area contributed by atoms with Crippen molar-refractivity contribution in [3.05, 3.63) is 77.6 Å². The number of fused-ring (bicyclic) bond motifs is 2. The molecular formula is C23H16FN3O2S. The van der Waals surface area contributed by atoms with Crippen LogP contribution in [0, 0.1) is 12.7 Å². The molecule has 1 amide bonds. The summed E-state index contributed by atoms with van der Waals surface area (Å²) in [6, 6.07) is 18.0. The number of carbonyl (C=O) groups is 1. The van der Waals surface area contributed by atoms with Crippen molar-refractivity contribution in [2.75, 3.05) is 11.9 Å². The van der Waals surface area contributed by atoms with Crippen molar-refractivity contribution in [2.24, 2.45) is 0 Å². The van der Waals surface area contributed by atoms with E-state index >= 15 is 0 Å². The van der Waals surface area contributed by atoms with Gasteiger partial charge >= 0.3 is 0 Å². The predicted molar refractivity (Wildman–Crippen MR) is 113 cm³/mol. The zero-order valence-electron chi connectivity index (χ0n) is 16.2. The van der Waals surface area contributed by atoms with Crippen LogP contribution in [0.25, 0.3) is 22.8 Å². The molecule has 0 saturated carbocycles. The Balaban J connectivity index is 1.54. The molecule has 0 saturated heterocycles. The summed E-state index contributed by atoms with van der Waals surface area (Å²) in [7, 11) is 1.77. The number of carbonyl (C=O) groups excluding carboxylic acids is 1. The van der Waals surface area contributed by atoms with Gasteiger partial charge in [-0.1, -0.05) is 35.1 Å². The van der Waals surface area contributed by atoms with E-state index < -0.39 is 0 Å². The van der Waals surface area contributed by atoms with Crippen molar-refractivity contribution in [1.82, 2.24) is 10.1 Å². The zero-order valence-corrected chi connectivity index (χ0v) is 17.0. The first-order valence-electron chi connectivity index (χ1n) is 9.31. The Morgan fingerprint density at radius 3 is 2.63 bits per heavy atom. The van der Waals surface area contributed by atoms with Crippen LogP contribution in [0.3, 0.4) is 0 Å². The first-order chi connectivity index (χ1) is 14.5. The van der Waals surface area contributed by atoms with Crippen molar-refractivity contribution < 1.29 is 13.7 Å². The van der Waals surface area contributed by atoms with Crippen LogP contribution < -0.4 is 4.90 Å². The third kappa shape index (κ3) is 3.07. The average Bonchev–Trinajstić information content (AvgIpc) is 3.22. The summed E-state index contributed by atoms with van der Waals surface area (Å²) in [5.41, 5.74) is 3.32. The zero-order chi connectivity index (χ0) is 20.8. The second kappa shape index (κ2) is 7.11. The number of amides is 1. The summed E-state index contributed by atoms with van der Waals surface area (Å²) in [6.45, 7) is 1.70. The van der Waals surface area contributed by atoms with Crippen LogP contribution in [0.5, 0.6) is 0 Å². The molecule has 0 atom stereocenters. The van der Waals surface area contributed by atoms with Gasteiger partial charge in [-0.05, 0) is 55.0 Å². The smallest absolute Gasteiger partial charge is 0.259 e. The van der Waals surface area contributed by atoms with Crippen LogP contribution in [-0.2, 0) is 0 Å². The largest absolute Gasteiger partial charge is 0.334 e. The highest BCUT2D eigenvalue weighted by Crippen LogP contribution is 2.42. The van der Waals surface area contributed by atoms with Crippen molar-refractivity contribution in [3.8, 4) is 22.8 Å². The van der Waals surface area contributed by atoms with Gasteiger partial charge in [0.15, 0.2) is 0 Å². The molecule has 5 nitrogen and oxygen atoms in total. The number of anilines is 1. The molecule has 0 spiro atoms. The van der Waals surface area contributed by atoms with E-state index in [1.54, 1.807) is 31.0 Å². The monoisotopic (exact) mass is 417 g/mol. The van der Waals surface area contributed by atoms with Crippen molar-refractivity contribution >= 4 is 23.4 Å². The minimum atomic E-state index is -0.319. The molecule has 3 aromatic carbocycles. The molecule has 148 valence electrons. The first kappa shape index (κ1) is 18.6. The van der Waals surface area contributed by atoms with Gasteiger partial charge in [0.2, 0.25) is 5.82 Å². The lowest BCUT2D eigenvalue weighted by molar-refractivity contribution is 0.0990. The lowest BCUT2D eigenvalue weighted by Crippen LogP contribution is -2.25. The maximum Gasteiger partial charge on any atom is 0.259 e. The van der Waals surface area contributed by atoms with E-state index in [0.29, 0.717) is 22.5 Å². The van der Waals surface area contributed by atoms with Crippen molar-refractivity contribution in [2.45, 2.75) is 16.7 Å². The standard InChI is InChI=1S/C23H16FN3O2S/c1-13-7-8-15(11-17(13)24)22-25-21(26-29-22)14-9-10-18-20(12-14)30-19-6-4-3-5-16(19)23(28)27(18)2/h3-12H,1-2H3. The van der Waals surface area contributed by atoms with Gasteiger partial charge in [0.25, 0.3) is 11.8 Å². The number of rotatable bonds is 2. The maximum absolute atomic E-state index is 13.9. The van der Waals surface area contributed by atoms with Crippen LogP contribution in [0.4, 0.5) is 10.1 Å². The highest BCUT2D eigenvalue weighted by atomic mass is 32.2. The molecule has 1 aromatic heterocycles. The Morgan fingerprint density at radius 2 is 1.80 bits per heavy atom. The van der Waals surface area contributed by atoms with E-state index in [1.807, 2.05) is 42.5 Å². The number of aryl methyl sites for hydroxylation is 1. The van der Waals surface area contributed by atoms with Crippen LogP contribution >= 0.6 is 11.8 Å². The van der Waals surface area contributed by atoms with Gasteiger partial charge in [-0.3, -0.25) is 4.79 Å². The summed E-state index contributed by atoms with van der Waals surface area (Å²) in [4.78, 5) is 20.7. The molecule has 30 heavy (non-hydrogen) atoms. The number of nitrogens with zero attached hydrogens (tertiary/aromatic N) is 3. The number of hydrogen-bond acceptors (Lipinski definition) is 5. The fourth-order valence-electron chi connectivity index (χ4n) is 3.34. The molecule has 5 rings (SSSR count). The SMILES string of the molecule is Cc1ccc(-c2nc(-c3ccc4c(c3)Sc3ccccc3C(=O)N4C)no2)cc1F. The number of aromatic nitrogens is 2. The van der Waals surface area contributed by atoms with Gasteiger partial charge in [-0.2, -0.15) is 4.98 Å². The summed E-state index contributed by atoms with van der Waals surface area (Å²) in [5.74, 6) is 0.290. The average molecular weight is 417 g/mol. The fraction of sp³-hybridized carbons (Fsp3) is 0.0870. The lowest BCUT2D eigenvalue weighted by Gasteiger charge is -2.17. The topological polar surface area (TPSA) is 59.2 Å². The Hall–Kier alpha value is -3.45. The van der Waals surface area contributed by atoms with Gasteiger partial charge in [0.05, 0.1) is 11.3 Å². The van der Waals surface area contributed by atoms with E-state index in [0.717, 1.165) is 21.0 Å². The van der Waals surface area contributed by atoms with E-state index in [-0.39, 0.29) is 17.6 Å². The van der Waals surface area contributed by atoms with E-state index in [4.69, 9.17) is 4.52 Å². The predicted octanol–water partition coefficient (Wildman–Crippen LogP) is 5.59. The third-order valence-electron chi connectivity index (χ3n) is 5.07. The van der Waals surface area contributed by atoms with Crippen molar-refractivity contribution in [3.63, 3.8) is 0 Å². The molecule has 7 heteroatoms. The molecule has 0 bridgehead atoms. The third-order valence-corrected chi connectivity index (χ3v) is 6.19. The van der Waals surface area contributed by atoms with E-state index in [9.17, 15) is 9.18 Å². The lowest BCUT2D eigenvalue weighted by atomic mass is 10.1. The summed E-state index contributed by atoms with van der Waals surface area (Å²) in [5, 5.41) is 4.07. The molecule has 2 heterocycles. The molecule has 0 radical (unpaired) electrons. The summed E-state index contributed by atoms with van der Waals surface area (Å²) in [6.07, 6.45) is 0. The minimum Gasteiger partial charge on any atom is -0.334 e. The van der Waals surface area contributed by atoms with Crippen molar-refractivity contribution in [1.29, 1.82) is 0 Å². The number of halogens is 1. The first-order valence-corrected chi connectivity index (χ1v) is 10.1. The maximum atomic E-state index is 13.9. The van der Waals surface area contributed by atoms with Gasteiger partial charge in [-0.25, -0.2) is 4.39 Å². The molecule has 0 aliphatic carbocycles. The fourth-order valence-corrected chi connectivity index (χ4v) is 4.48. The Kier molecular flexibility index (Phi) is 4.40. The molecule has 0 fully saturated rings. The second-order valence-electron chi connectivity index (χ2n) is 7.03. The quantitative estimate of drug-likeness (QED) is 0.425. The van der Waals surface area contributed by atoms with Gasteiger partial charge in [0.1, 0.15) is 5.82 Å². The Labute approximate surface area is 176 Å². The van der Waals surface area contributed by atoms with Crippen LogP contribution in [-0.4, -0.2) is 23.1 Å². The van der Waals surface area contributed by atoms with Crippen LogP contribution in [0.2, 0.25) is 0 Å². The van der Waals surface area contributed by atoms with E-state index in [2.05, 4.69) is 10.1 Å². The molecule has 4 aromatic rings. The van der Waals surface area contributed by atoms with Crippen LogP contribution in [0.1, 0.15) is 15.9 Å². The molecule has 1 aliphatic heterocycles. The number of benzene rings is 3. The summed E-state index contributed by atoms with van der Waals surface area (Å²) >= 11 is 1.53. The Morgan fingerprint density at radius 1 is 1.00 bits per heavy atom. The van der Waals surface area contributed by atoms with Crippen LogP contribution in [0.15, 0.2) is 75.0 Å². The molecule has 0 unspecified atom stereocenters. The highest BCUT2D eigenvalue weighted by molar-refractivity contribution is 7.99. The molecule has 1 aliphatic rings.